The molecule has 26 heavy (non-hydrogen) atoms. The van der Waals surface area contributed by atoms with Gasteiger partial charge in [0.25, 0.3) is 5.91 Å². The Balaban J connectivity index is 1.82. The lowest BCUT2D eigenvalue weighted by molar-refractivity contribution is -0.142. The zero-order chi connectivity index (χ0) is 18.5. The maximum Gasteiger partial charge on any atom is 0.328 e. The summed E-state index contributed by atoms with van der Waals surface area (Å²) in [5, 5.41) is 4.58. The molecule has 0 fully saturated rings. The normalized spacial score (nSPS) is 11.8. The van der Waals surface area contributed by atoms with Crippen LogP contribution in [0.3, 0.4) is 0 Å². The number of ether oxygens (including phenoxy) is 1. The monoisotopic (exact) mass is 351 g/mol. The number of carbonyl (C=O) groups excluding carboxylic acids is 2. The number of benzene rings is 3. The summed E-state index contributed by atoms with van der Waals surface area (Å²) in [6, 6.07) is 18.1. The Morgan fingerprint density at radius 2 is 1.69 bits per heavy atom. The lowest BCUT2D eigenvalue weighted by atomic mass is 10.0. The first kappa shape index (κ1) is 17.6. The first-order valence-electron chi connectivity index (χ1n) is 8.19. The molecule has 132 valence electrons. The summed E-state index contributed by atoms with van der Waals surface area (Å²) in [6.45, 7) is 0. The van der Waals surface area contributed by atoms with Gasteiger partial charge in [-0.25, -0.2) is 9.18 Å². The molecule has 3 rings (SSSR count). The summed E-state index contributed by atoms with van der Waals surface area (Å²) in [5.74, 6) is -1.47. The molecule has 3 aromatic carbocycles. The molecule has 0 unspecified atom stereocenters. The lowest BCUT2D eigenvalue weighted by Gasteiger charge is -2.17. The minimum atomic E-state index is -0.976. The average molecular weight is 351 g/mol. The van der Waals surface area contributed by atoms with Gasteiger partial charge in [-0.2, -0.15) is 0 Å². The average Bonchev–Trinajstić information content (AvgIpc) is 2.68. The number of amides is 1. The van der Waals surface area contributed by atoms with Gasteiger partial charge < -0.3 is 10.1 Å². The van der Waals surface area contributed by atoms with Crippen LogP contribution in [-0.4, -0.2) is 25.0 Å². The van der Waals surface area contributed by atoms with Gasteiger partial charge in [-0.1, -0.05) is 48.5 Å². The van der Waals surface area contributed by atoms with Gasteiger partial charge in [0.05, 0.1) is 7.11 Å². The van der Waals surface area contributed by atoms with E-state index in [1.54, 1.807) is 30.3 Å². The molecule has 1 amide bonds. The van der Waals surface area contributed by atoms with Crippen LogP contribution >= 0.6 is 0 Å². The van der Waals surface area contributed by atoms with E-state index >= 15 is 0 Å². The number of rotatable bonds is 5. The predicted octanol–water partition coefficient (Wildman–Crippen LogP) is 3.49. The number of fused-ring (bicyclic) bond motifs is 1. The summed E-state index contributed by atoms with van der Waals surface area (Å²) in [4.78, 5) is 24.6. The van der Waals surface area contributed by atoms with Crippen molar-refractivity contribution < 1.29 is 18.7 Å². The minimum absolute atomic E-state index is 0.0126. The molecule has 0 bridgehead atoms. The largest absolute Gasteiger partial charge is 0.467 e. The van der Waals surface area contributed by atoms with Gasteiger partial charge in [0, 0.05) is 12.0 Å². The molecule has 0 saturated carbocycles. The van der Waals surface area contributed by atoms with Crippen molar-refractivity contribution in [2.45, 2.75) is 12.5 Å². The topological polar surface area (TPSA) is 55.4 Å². The molecule has 0 aliphatic heterocycles. The number of hydrogen-bond donors (Lipinski definition) is 1. The molecule has 0 heterocycles. The molecule has 5 heteroatoms. The van der Waals surface area contributed by atoms with E-state index in [1.165, 1.54) is 13.2 Å². The molecule has 1 N–H and O–H groups in total. The molecule has 3 aromatic rings. The van der Waals surface area contributed by atoms with Crippen molar-refractivity contribution in [1.82, 2.24) is 5.32 Å². The Bertz CT molecular complexity index is 955. The van der Waals surface area contributed by atoms with Gasteiger partial charge >= 0.3 is 5.97 Å². The van der Waals surface area contributed by atoms with Crippen molar-refractivity contribution in [2.75, 3.05) is 7.11 Å². The zero-order valence-corrected chi connectivity index (χ0v) is 14.2. The number of halogens is 1. The third-order valence-corrected chi connectivity index (χ3v) is 4.18. The van der Waals surface area contributed by atoms with Crippen LogP contribution in [0.15, 0.2) is 66.7 Å². The second kappa shape index (κ2) is 7.78. The fourth-order valence-electron chi connectivity index (χ4n) is 2.79. The van der Waals surface area contributed by atoms with E-state index in [1.807, 2.05) is 30.3 Å². The molecular formula is C21H18FNO3. The van der Waals surface area contributed by atoms with Gasteiger partial charge in [-0.05, 0) is 34.5 Å². The van der Waals surface area contributed by atoms with Crippen LogP contribution in [-0.2, 0) is 16.0 Å². The summed E-state index contributed by atoms with van der Waals surface area (Å²) in [7, 11) is 1.23. The highest BCUT2D eigenvalue weighted by atomic mass is 19.1. The maximum atomic E-state index is 13.9. The fourth-order valence-corrected chi connectivity index (χ4v) is 2.79. The van der Waals surface area contributed by atoms with Crippen molar-refractivity contribution in [1.29, 1.82) is 0 Å². The molecule has 0 aromatic heterocycles. The highest BCUT2D eigenvalue weighted by Gasteiger charge is 2.23. The molecule has 0 radical (unpaired) electrons. The van der Waals surface area contributed by atoms with Gasteiger partial charge in [-0.15, -0.1) is 0 Å². The van der Waals surface area contributed by atoms with Crippen LogP contribution in [0.25, 0.3) is 10.8 Å². The van der Waals surface area contributed by atoms with E-state index < -0.39 is 23.7 Å². The molecule has 0 aliphatic rings. The Morgan fingerprint density at radius 1 is 1.00 bits per heavy atom. The Labute approximate surface area is 150 Å². The molecule has 0 saturated heterocycles. The number of nitrogens with one attached hydrogen (secondary N) is 1. The van der Waals surface area contributed by atoms with Gasteiger partial charge in [0.1, 0.15) is 11.9 Å². The van der Waals surface area contributed by atoms with E-state index in [-0.39, 0.29) is 6.42 Å². The highest BCUT2D eigenvalue weighted by Crippen LogP contribution is 2.16. The highest BCUT2D eigenvalue weighted by molar-refractivity contribution is 6.00. The Morgan fingerprint density at radius 3 is 2.42 bits per heavy atom. The number of hydrogen-bond acceptors (Lipinski definition) is 3. The molecule has 0 aliphatic carbocycles. The quantitative estimate of drug-likeness (QED) is 0.716. The second-order valence-corrected chi connectivity index (χ2v) is 5.91. The standard InChI is InChI=1S/C21H18FNO3/c1-26-21(25)19(13-16-8-4-5-9-18(16)22)23-20(24)17-11-10-14-6-2-3-7-15(14)12-17/h2-12,19H,13H2,1H3,(H,23,24)/t19-/m0/s1. The van der Waals surface area contributed by atoms with E-state index in [2.05, 4.69) is 5.32 Å². The summed E-state index contributed by atoms with van der Waals surface area (Å²) < 4.78 is 18.6. The van der Waals surface area contributed by atoms with E-state index in [4.69, 9.17) is 4.74 Å². The summed E-state index contributed by atoms with van der Waals surface area (Å²) in [5.41, 5.74) is 0.757. The van der Waals surface area contributed by atoms with Crippen LogP contribution < -0.4 is 5.32 Å². The lowest BCUT2D eigenvalue weighted by Crippen LogP contribution is -2.43. The van der Waals surface area contributed by atoms with Crippen LogP contribution in [0.2, 0.25) is 0 Å². The fraction of sp³-hybridized carbons (Fsp3) is 0.143. The number of methoxy groups -OCH3 is 1. The van der Waals surface area contributed by atoms with Crippen LogP contribution in [0.1, 0.15) is 15.9 Å². The zero-order valence-electron chi connectivity index (χ0n) is 14.2. The van der Waals surface area contributed by atoms with Crippen LogP contribution in [0.4, 0.5) is 4.39 Å². The second-order valence-electron chi connectivity index (χ2n) is 5.91. The molecular weight excluding hydrogens is 333 g/mol. The summed E-state index contributed by atoms with van der Waals surface area (Å²) in [6.07, 6.45) is 0.0126. The third kappa shape index (κ3) is 3.88. The van der Waals surface area contributed by atoms with E-state index in [0.29, 0.717) is 11.1 Å². The minimum Gasteiger partial charge on any atom is -0.467 e. The molecule has 4 nitrogen and oxygen atoms in total. The maximum absolute atomic E-state index is 13.9. The van der Waals surface area contributed by atoms with Gasteiger partial charge in [0.15, 0.2) is 0 Å². The van der Waals surface area contributed by atoms with Crippen LogP contribution in [0.5, 0.6) is 0 Å². The van der Waals surface area contributed by atoms with Crippen LogP contribution in [0, 0.1) is 5.82 Å². The number of esters is 1. The SMILES string of the molecule is COC(=O)[C@H](Cc1ccccc1F)NC(=O)c1ccc2ccccc2c1. The smallest absolute Gasteiger partial charge is 0.328 e. The first-order chi connectivity index (χ1) is 12.6. The Kier molecular flexibility index (Phi) is 5.27. The van der Waals surface area contributed by atoms with Crippen molar-refractivity contribution >= 4 is 22.6 Å². The third-order valence-electron chi connectivity index (χ3n) is 4.18. The van der Waals surface area contributed by atoms with Crippen molar-refractivity contribution in [2.24, 2.45) is 0 Å². The van der Waals surface area contributed by atoms with Gasteiger partial charge in [-0.3, -0.25) is 4.79 Å². The van der Waals surface area contributed by atoms with E-state index in [9.17, 15) is 14.0 Å². The van der Waals surface area contributed by atoms with Crippen molar-refractivity contribution in [3.05, 3.63) is 83.7 Å². The number of carbonyl (C=O) groups is 2. The van der Waals surface area contributed by atoms with Crippen molar-refractivity contribution in [3.63, 3.8) is 0 Å². The van der Waals surface area contributed by atoms with E-state index in [0.717, 1.165) is 10.8 Å². The molecule has 1 atom stereocenters. The summed E-state index contributed by atoms with van der Waals surface area (Å²) >= 11 is 0. The predicted molar refractivity (Wildman–Crippen MR) is 97.3 cm³/mol. The van der Waals surface area contributed by atoms with Gasteiger partial charge in [0.2, 0.25) is 0 Å². The first-order valence-corrected chi connectivity index (χ1v) is 8.19. The van der Waals surface area contributed by atoms with Crippen molar-refractivity contribution in [3.8, 4) is 0 Å². The molecule has 0 spiro atoms. The Hall–Kier alpha value is -3.21.